The summed E-state index contributed by atoms with van der Waals surface area (Å²) < 4.78 is 33.0. The van der Waals surface area contributed by atoms with Crippen LogP contribution in [0, 0.1) is 23.0 Å². The van der Waals surface area contributed by atoms with Gasteiger partial charge >= 0.3 is 6.03 Å². The van der Waals surface area contributed by atoms with Crippen molar-refractivity contribution in [1.29, 1.82) is 5.26 Å². The van der Waals surface area contributed by atoms with Crippen molar-refractivity contribution in [3.8, 4) is 11.8 Å². The molecule has 1 aromatic heterocycles. The number of pyridine rings is 1. The topological polar surface area (TPSA) is 81.8 Å². The molecule has 1 aromatic carbocycles. The molecule has 148 valence electrons. The van der Waals surface area contributed by atoms with Crippen LogP contribution in [0.15, 0.2) is 41.6 Å². The SMILES string of the molecule is C[C@@H]1[C@H](Oc2ccnc(C#N)c2)CN1C(=O)N1N=CCC1c1cc(F)cc(F)c1. The average molecular weight is 397 g/mol. The van der Waals surface area contributed by atoms with Crippen molar-refractivity contribution in [3.05, 3.63) is 59.4 Å². The first-order valence-corrected chi connectivity index (χ1v) is 9.07. The summed E-state index contributed by atoms with van der Waals surface area (Å²) >= 11 is 0. The Hall–Kier alpha value is -3.54. The van der Waals surface area contributed by atoms with Gasteiger partial charge in [-0.1, -0.05) is 0 Å². The first kappa shape index (κ1) is 18.8. The van der Waals surface area contributed by atoms with E-state index in [1.165, 1.54) is 29.4 Å². The van der Waals surface area contributed by atoms with Gasteiger partial charge in [-0.05, 0) is 30.7 Å². The van der Waals surface area contributed by atoms with E-state index in [0.717, 1.165) is 6.07 Å². The number of likely N-dealkylation sites (tertiary alicyclic amines) is 1. The van der Waals surface area contributed by atoms with E-state index in [1.807, 2.05) is 13.0 Å². The van der Waals surface area contributed by atoms with Crippen LogP contribution >= 0.6 is 0 Å². The predicted molar refractivity (Wildman–Crippen MR) is 99.0 cm³/mol. The summed E-state index contributed by atoms with van der Waals surface area (Å²) in [5.74, 6) is -0.883. The van der Waals surface area contributed by atoms with E-state index in [1.54, 1.807) is 17.2 Å². The number of nitriles is 1. The molecule has 0 spiro atoms. The fourth-order valence-corrected chi connectivity index (χ4v) is 3.46. The number of rotatable bonds is 3. The molecule has 2 aliphatic rings. The third kappa shape index (κ3) is 3.61. The molecule has 9 heteroatoms. The molecule has 0 aliphatic carbocycles. The van der Waals surface area contributed by atoms with Gasteiger partial charge in [-0.15, -0.1) is 0 Å². The lowest BCUT2D eigenvalue weighted by molar-refractivity contribution is -0.0197. The minimum Gasteiger partial charge on any atom is -0.486 e. The molecule has 2 amide bonds. The van der Waals surface area contributed by atoms with Crippen LogP contribution in [-0.4, -0.2) is 45.8 Å². The van der Waals surface area contributed by atoms with Crippen LogP contribution in [0.3, 0.4) is 0 Å². The molecule has 1 saturated heterocycles. The van der Waals surface area contributed by atoms with Crippen molar-refractivity contribution in [1.82, 2.24) is 14.9 Å². The number of ether oxygens (including phenoxy) is 1. The third-order valence-corrected chi connectivity index (χ3v) is 5.08. The molecule has 0 N–H and O–H groups in total. The Morgan fingerprint density at radius 2 is 2.03 bits per heavy atom. The lowest BCUT2D eigenvalue weighted by Gasteiger charge is -2.46. The third-order valence-electron chi connectivity index (χ3n) is 5.08. The highest BCUT2D eigenvalue weighted by Crippen LogP contribution is 2.33. The van der Waals surface area contributed by atoms with E-state index < -0.39 is 17.7 Å². The molecule has 2 aromatic rings. The van der Waals surface area contributed by atoms with E-state index >= 15 is 0 Å². The second-order valence-corrected chi connectivity index (χ2v) is 6.92. The zero-order valence-corrected chi connectivity index (χ0v) is 15.5. The number of hydrogen-bond donors (Lipinski definition) is 0. The number of hydrogen-bond acceptors (Lipinski definition) is 5. The van der Waals surface area contributed by atoms with Gasteiger partial charge in [-0.3, -0.25) is 0 Å². The molecule has 3 heterocycles. The van der Waals surface area contributed by atoms with Crippen LogP contribution < -0.4 is 4.74 Å². The van der Waals surface area contributed by atoms with Gasteiger partial charge in [0.25, 0.3) is 0 Å². The molecule has 2 aliphatic heterocycles. The highest BCUT2D eigenvalue weighted by Gasteiger charge is 2.44. The molecule has 0 radical (unpaired) electrons. The maximum atomic E-state index is 13.6. The van der Waals surface area contributed by atoms with E-state index in [4.69, 9.17) is 10.00 Å². The van der Waals surface area contributed by atoms with Gasteiger partial charge in [0, 0.05) is 31.0 Å². The summed E-state index contributed by atoms with van der Waals surface area (Å²) in [7, 11) is 0. The number of benzene rings is 1. The molecule has 0 saturated carbocycles. The Labute approximate surface area is 165 Å². The fourth-order valence-electron chi connectivity index (χ4n) is 3.46. The van der Waals surface area contributed by atoms with Crippen molar-refractivity contribution in [3.63, 3.8) is 0 Å². The molecule has 4 rings (SSSR count). The Bertz CT molecular complexity index is 1000. The van der Waals surface area contributed by atoms with Crippen LogP contribution in [0.5, 0.6) is 5.75 Å². The molecule has 7 nitrogen and oxygen atoms in total. The van der Waals surface area contributed by atoms with Gasteiger partial charge in [0.05, 0.1) is 18.6 Å². The molecule has 1 fully saturated rings. The normalized spacial score (nSPS) is 22.9. The molecular formula is C20H17F2N5O2. The van der Waals surface area contributed by atoms with Crippen LogP contribution in [-0.2, 0) is 0 Å². The summed E-state index contributed by atoms with van der Waals surface area (Å²) in [6, 6.07) is 7.21. The van der Waals surface area contributed by atoms with Gasteiger partial charge in [0.2, 0.25) is 0 Å². The lowest BCUT2D eigenvalue weighted by atomic mass is 10.0. The Morgan fingerprint density at radius 1 is 1.28 bits per heavy atom. The Morgan fingerprint density at radius 3 is 2.72 bits per heavy atom. The summed E-state index contributed by atoms with van der Waals surface area (Å²) in [5, 5.41) is 14.3. The first-order valence-electron chi connectivity index (χ1n) is 9.07. The predicted octanol–water partition coefficient (Wildman–Crippen LogP) is 3.24. The highest BCUT2D eigenvalue weighted by molar-refractivity contribution is 5.79. The average Bonchev–Trinajstić information content (AvgIpc) is 3.19. The minimum atomic E-state index is -0.695. The molecule has 1 unspecified atom stereocenters. The summed E-state index contributed by atoms with van der Waals surface area (Å²) in [6.07, 6.45) is 3.18. The number of aromatic nitrogens is 1. The second kappa shape index (κ2) is 7.47. The summed E-state index contributed by atoms with van der Waals surface area (Å²) in [4.78, 5) is 18.4. The van der Waals surface area contributed by atoms with Crippen LogP contribution in [0.1, 0.15) is 30.6 Å². The quantitative estimate of drug-likeness (QED) is 0.796. The number of carbonyl (C=O) groups excluding carboxylic acids is 1. The number of nitrogens with zero attached hydrogens (tertiary/aromatic N) is 5. The van der Waals surface area contributed by atoms with E-state index in [9.17, 15) is 13.6 Å². The van der Waals surface area contributed by atoms with Gasteiger partial charge in [0.15, 0.2) is 0 Å². The second-order valence-electron chi connectivity index (χ2n) is 6.92. The maximum absolute atomic E-state index is 13.6. The first-order chi connectivity index (χ1) is 14.0. The zero-order chi connectivity index (χ0) is 20.5. The van der Waals surface area contributed by atoms with Crippen molar-refractivity contribution in [2.75, 3.05) is 6.54 Å². The maximum Gasteiger partial charge on any atom is 0.341 e. The van der Waals surface area contributed by atoms with Crippen LogP contribution in [0.25, 0.3) is 0 Å². The highest BCUT2D eigenvalue weighted by atomic mass is 19.1. The summed E-state index contributed by atoms with van der Waals surface area (Å²) in [5.41, 5.74) is 0.606. The van der Waals surface area contributed by atoms with Crippen LogP contribution in [0.2, 0.25) is 0 Å². The Kier molecular flexibility index (Phi) is 4.84. The number of carbonyl (C=O) groups is 1. The standard InChI is InChI=1S/C20H17F2N5O2/c1-12-19(29-17-2-4-24-16(9-17)10-23)11-26(12)20(28)27-18(3-5-25-27)13-6-14(21)8-15(22)7-13/h2,4-9,12,18-19H,3,11H2,1H3/t12-,18?,19-/m1/s1. The smallest absolute Gasteiger partial charge is 0.341 e. The van der Waals surface area contributed by atoms with E-state index in [0.29, 0.717) is 24.3 Å². The van der Waals surface area contributed by atoms with Crippen molar-refractivity contribution < 1.29 is 18.3 Å². The van der Waals surface area contributed by atoms with Gasteiger partial charge in [-0.2, -0.15) is 10.4 Å². The van der Waals surface area contributed by atoms with Crippen molar-refractivity contribution in [2.45, 2.75) is 31.5 Å². The lowest BCUT2D eigenvalue weighted by Crippen LogP contribution is -2.64. The largest absolute Gasteiger partial charge is 0.486 e. The van der Waals surface area contributed by atoms with Gasteiger partial charge in [-0.25, -0.2) is 23.6 Å². The number of urea groups is 1. The molecule has 3 atom stereocenters. The van der Waals surface area contributed by atoms with Gasteiger partial charge in [0.1, 0.15) is 35.3 Å². The van der Waals surface area contributed by atoms with Crippen molar-refractivity contribution >= 4 is 12.2 Å². The van der Waals surface area contributed by atoms with Crippen LogP contribution in [0.4, 0.5) is 13.6 Å². The molecular weight excluding hydrogens is 380 g/mol. The van der Waals surface area contributed by atoms with E-state index in [-0.39, 0.29) is 23.9 Å². The Balaban J connectivity index is 1.43. The van der Waals surface area contributed by atoms with Crippen molar-refractivity contribution in [2.24, 2.45) is 5.10 Å². The fraction of sp³-hybridized carbons (Fsp3) is 0.300. The number of amides is 2. The van der Waals surface area contributed by atoms with Gasteiger partial charge < -0.3 is 9.64 Å². The minimum absolute atomic E-state index is 0.234. The zero-order valence-electron chi connectivity index (χ0n) is 15.5. The van der Waals surface area contributed by atoms with E-state index in [2.05, 4.69) is 10.1 Å². The summed E-state index contributed by atoms with van der Waals surface area (Å²) in [6.45, 7) is 2.18. The number of hydrazone groups is 1. The molecule has 29 heavy (non-hydrogen) atoms. The monoisotopic (exact) mass is 397 g/mol. The number of halogens is 2. The molecule has 0 bridgehead atoms.